The molecule has 1 aromatic rings. The van der Waals surface area contributed by atoms with E-state index in [1.54, 1.807) is 0 Å². The normalized spacial score (nSPS) is 17.7. The zero-order chi connectivity index (χ0) is 12.4. The van der Waals surface area contributed by atoms with E-state index >= 15 is 0 Å². The minimum absolute atomic E-state index is 0.586. The lowest BCUT2D eigenvalue weighted by Crippen LogP contribution is -2.39. The van der Waals surface area contributed by atoms with Gasteiger partial charge in [0.2, 0.25) is 0 Å². The van der Waals surface area contributed by atoms with Gasteiger partial charge in [-0.3, -0.25) is 4.90 Å². The second-order valence-electron chi connectivity index (χ2n) is 5.18. The second kappa shape index (κ2) is 5.19. The topological polar surface area (TPSA) is 41.3 Å². The van der Waals surface area contributed by atoms with E-state index in [0.29, 0.717) is 6.04 Å². The molecule has 0 radical (unpaired) electrons. The third-order valence-corrected chi connectivity index (χ3v) is 3.74. The van der Waals surface area contributed by atoms with Gasteiger partial charge in [-0.1, -0.05) is 5.16 Å². The molecular formula is C13H23N3O. The van der Waals surface area contributed by atoms with E-state index in [0.717, 1.165) is 30.6 Å². The van der Waals surface area contributed by atoms with Gasteiger partial charge in [-0.2, -0.15) is 0 Å². The summed E-state index contributed by atoms with van der Waals surface area (Å²) < 4.78 is 5.15. The molecule has 0 bridgehead atoms. The predicted octanol–water partition coefficient (Wildman–Crippen LogP) is 1.86. The number of aryl methyl sites for hydroxylation is 2. The van der Waals surface area contributed by atoms with Crippen molar-refractivity contribution in [3.8, 4) is 0 Å². The van der Waals surface area contributed by atoms with Crippen LogP contribution >= 0.6 is 0 Å². The van der Waals surface area contributed by atoms with Gasteiger partial charge in [0.15, 0.2) is 0 Å². The Kier molecular flexibility index (Phi) is 3.84. The Hall–Kier alpha value is -0.870. The molecule has 1 saturated carbocycles. The summed E-state index contributed by atoms with van der Waals surface area (Å²) in [5.74, 6) is 0.929. The van der Waals surface area contributed by atoms with Gasteiger partial charge >= 0.3 is 0 Å². The van der Waals surface area contributed by atoms with Crippen molar-refractivity contribution in [2.24, 2.45) is 0 Å². The number of hydrogen-bond acceptors (Lipinski definition) is 4. The fraction of sp³-hybridized carbons (Fsp3) is 0.769. The molecule has 1 N–H and O–H groups in total. The molecule has 1 atom stereocenters. The first kappa shape index (κ1) is 12.6. The van der Waals surface area contributed by atoms with Gasteiger partial charge < -0.3 is 9.84 Å². The first-order chi connectivity index (χ1) is 8.09. The van der Waals surface area contributed by atoms with Crippen LogP contribution < -0.4 is 5.32 Å². The van der Waals surface area contributed by atoms with Crippen LogP contribution in [0.15, 0.2) is 4.52 Å². The molecule has 1 aromatic heterocycles. The van der Waals surface area contributed by atoms with Crippen LogP contribution in [0.4, 0.5) is 0 Å². The fourth-order valence-electron chi connectivity index (χ4n) is 2.15. The standard InChI is InChI=1S/C13H23N3O/c1-9(16(4)12-5-6-12)7-14-8-13-10(2)15-17-11(13)3/h9,12,14H,5-8H2,1-4H3. The third-order valence-electron chi connectivity index (χ3n) is 3.74. The molecular weight excluding hydrogens is 214 g/mol. The summed E-state index contributed by atoms with van der Waals surface area (Å²) in [6.07, 6.45) is 2.73. The summed E-state index contributed by atoms with van der Waals surface area (Å²) in [4.78, 5) is 2.47. The maximum Gasteiger partial charge on any atom is 0.138 e. The van der Waals surface area contributed by atoms with Gasteiger partial charge in [0.05, 0.1) is 5.69 Å². The van der Waals surface area contributed by atoms with Gasteiger partial charge in [-0.25, -0.2) is 0 Å². The molecule has 96 valence electrons. The summed E-state index contributed by atoms with van der Waals surface area (Å²) in [6, 6.07) is 1.41. The Morgan fingerprint density at radius 2 is 2.18 bits per heavy atom. The minimum atomic E-state index is 0.586. The van der Waals surface area contributed by atoms with Gasteiger partial charge in [0.1, 0.15) is 5.76 Å². The largest absolute Gasteiger partial charge is 0.361 e. The fourth-order valence-corrected chi connectivity index (χ4v) is 2.15. The average Bonchev–Trinajstić information content (AvgIpc) is 3.09. The van der Waals surface area contributed by atoms with Crippen LogP contribution in [0.25, 0.3) is 0 Å². The van der Waals surface area contributed by atoms with Crippen LogP contribution in [-0.2, 0) is 6.54 Å². The van der Waals surface area contributed by atoms with Crippen LogP contribution in [0.3, 0.4) is 0 Å². The van der Waals surface area contributed by atoms with Crippen LogP contribution in [0.2, 0.25) is 0 Å². The lowest BCUT2D eigenvalue weighted by Gasteiger charge is -2.24. The van der Waals surface area contributed by atoms with E-state index in [-0.39, 0.29) is 0 Å². The van der Waals surface area contributed by atoms with Crippen molar-refractivity contribution >= 4 is 0 Å². The third kappa shape index (κ3) is 3.07. The number of likely N-dealkylation sites (N-methyl/N-ethyl adjacent to an activating group) is 1. The lowest BCUT2D eigenvalue weighted by atomic mass is 10.2. The van der Waals surface area contributed by atoms with Crippen LogP contribution in [0.1, 0.15) is 36.8 Å². The average molecular weight is 237 g/mol. The summed E-state index contributed by atoms with van der Waals surface area (Å²) in [6.45, 7) is 8.10. The summed E-state index contributed by atoms with van der Waals surface area (Å²) in [5.41, 5.74) is 2.20. The first-order valence-electron chi connectivity index (χ1n) is 6.44. The Morgan fingerprint density at radius 3 is 2.71 bits per heavy atom. The van der Waals surface area contributed by atoms with Crippen molar-refractivity contribution in [2.75, 3.05) is 13.6 Å². The number of nitrogens with one attached hydrogen (secondary N) is 1. The first-order valence-corrected chi connectivity index (χ1v) is 6.44. The Balaban J connectivity index is 1.75. The molecule has 1 heterocycles. The molecule has 0 aliphatic heterocycles. The molecule has 0 spiro atoms. The predicted molar refractivity (Wildman–Crippen MR) is 67.9 cm³/mol. The van der Waals surface area contributed by atoms with Crippen molar-refractivity contribution in [2.45, 2.75) is 52.2 Å². The monoisotopic (exact) mass is 237 g/mol. The molecule has 0 aromatic carbocycles. The lowest BCUT2D eigenvalue weighted by molar-refractivity contribution is 0.241. The highest BCUT2D eigenvalue weighted by Crippen LogP contribution is 2.26. The zero-order valence-electron chi connectivity index (χ0n) is 11.3. The molecule has 4 nitrogen and oxygen atoms in total. The van der Waals surface area contributed by atoms with Crippen molar-refractivity contribution < 1.29 is 4.52 Å². The SMILES string of the molecule is Cc1noc(C)c1CNCC(C)N(C)C1CC1. The molecule has 17 heavy (non-hydrogen) atoms. The minimum Gasteiger partial charge on any atom is -0.361 e. The zero-order valence-corrected chi connectivity index (χ0v) is 11.3. The highest BCUT2D eigenvalue weighted by Gasteiger charge is 2.28. The van der Waals surface area contributed by atoms with Crippen molar-refractivity contribution in [3.63, 3.8) is 0 Å². The van der Waals surface area contributed by atoms with Crippen LogP contribution in [0.5, 0.6) is 0 Å². The van der Waals surface area contributed by atoms with E-state index in [9.17, 15) is 0 Å². The molecule has 1 aliphatic rings. The molecule has 2 rings (SSSR count). The Labute approximate surface area is 103 Å². The van der Waals surface area contributed by atoms with Crippen molar-refractivity contribution in [1.29, 1.82) is 0 Å². The molecule has 0 saturated heterocycles. The van der Waals surface area contributed by atoms with Crippen LogP contribution in [-0.4, -0.2) is 35.7 Å². The highest BCUT2D eigenvalue weighted by atomic mass is 16.5. The van der Waals surface area contributed by atoms with Crippen molar-refractivity contribution in [1.82, 2.24) is 15.4 Å². The number of nitrogens with zero attached hydrogens (tertiary/aromatic N) is 2. The summed E-state index contributed by atoms with van der Waals surface area (Å²) in [5, 5.41) is 7.45. The van der Waals surface area contributed by atoms with E-state index in [1.165, 1.54) is 18.4 Å². The highest BCUT2D eigenvalue weighted by molar-refractivity contribution is 5.20. The molecule has 1 unspecified atom stereocenters. The van der Waals surface area contributed by atoms with Crippen LogP contribution in [0, 0.1) is 13.8 Å². The molecule has 1 aliphatic carbocycles. The quantitative estimate of drug-likeness (QED) is 0.820. The number of aromatic nitrogens is 1. The molecule has 4 heteroatoms. The van der Waals surface area contributed by atoms with Crippen molar-refractivity contribution in [3.05, 3.63) is 17.0 Å². The number of hydrogen-bond donors (Lipinski definition) is 1. The maximum absolute atomic E-state index is 5.15. The van der Waals surface area contributed by atoms with Gasteiger partial charge in [0.25, 0.3) is 0 Å². The Morgan fingerprint density at radius 1 is 1.47 bits per heavy atom. The van der Waals surface area contributed by atoms with Gasteiger partial charge in [-0.15, -0.1) is 0 Å². The number of rotatable bonds is 6. The van der Waals surface area contributed by atoms with Gasteiger partial charge in [-0.05, 0) is 40.7 Å². The maximum atomic E-state index is 5.15. The molecule has 1 fully saturated rings. The molecule has 0 amide bonds. The second-order valence-corrected chi connectivity index (χ2v) is 5.18. The van der Waals surface area contributed by atoms with E-state index in [4.69, 9.17) is 4.52 Å². The summed E-state index contributed by atoms with van der Waals surface area (Å²) in [7, 11) is 2.22. The van der Waals surface area contributed by atoms with E-state index < -0.39 is 0 Å². The van der Waals surface area contributed by atoms with E-state index in [1.807, 2.05) is 13.8 Å². The summed E-state index contributed by atoms with van der Waals surface area (Å²) >= 11 is 0. The van der Waals surface area contributed by atoms with E-state index in [2.05, 4.69) is 29.3 Å². The van der Waals surface area contributed by atoms with Gasteiger partial charge in [0, 0.05) is 30.7 Å². The smallest absolute Gasteiger partial charge is 0.138 e. The Bertz CT molecular complexity index is 351.